The first-order chi connectivity index (χ1) is 8.23. The fourth-order valence-electron chi connectivity index (χ4n) is 2.06. The minimum atomic E-state index is -0.430. The zero-order chi connectivity index (χ0) is 11.7. The Morgan fingerprint density at radius 1 is 1.18 bits per heavy atom. The summed E-state index contributed by atoms with van der Waals surface area (Å²) in [6.45, 7) is 0.791. The second-order valence-corrected chi connectivity index (χ2v) is 4.93. The first-order valence-corrected chi connectivity index (χ1v) is 6.01. The quantitative estimate of drug-likeness (QED) is 0.869. The van der Waals surface area contributed by atoms with E-state index in [0.717, 1.165) is 31.4 Å². The van der Waals surface area contributed by atoms with Gasteiger partial charge in [0.1, 0.15) is 0 Å². The van der Waals surface area contributed by atoms with Crippen LogP contribution in [0.15, 0.2) is 42.7 Å². The molecule has 1 saturated carbocycles. The molecule has 0 aliphatic heterocycles. The second-order valence-electron chi connectivity index (χ2n) is 4.93. The Hall–Kier alpha value is -1.61. The number of hydrogen-bond acceptors (Lipinski definition) is 2. The van der Waals surface area contributed by atoms with E-state index >= 15 is 0 Å². The highest BCUT2D eigenvalue weighted by atomic mass is 16.3. The van der Waals surface area contributed by atoms with Gasteiger partial charge in [0.25, 0.3) is 0 Å². The van der Waals surface area contributed by atoms with Crippen molar-refractivity contribution >= 4 is 0 Å². The van der Waals surface area contributed by atoms with Gasteiger partial charge in [0, 0.05) is 12.6 Å². The predicted molar refractivity (Wildman–Crippen MR) is 65.7 cm³/mol. The van der Waals surface area contributed by atoms with Crippen molar-refractivity contribution in [2.24, 2.45) is 0 Å². The molecule has 2 aromatic rings. The lowest BCUT2D eigenvalue weighted by atomic mass is 10.1. The molecule has 0 unspecified atom stereocenters. The van der Waals surface area contributed by atoms with E-state index in [1.807, 2.05) is 35.3 Å². The summed E-state index contributed by atoms with van der Waals surface area (Å²) < 4.78 is 1.93. The molecule has 1 heterocycles. The van der Waals surface area contributed by atoms with Gasteiger partial charge >= 0.3 is 0 Å². The fraction of sp³-hybridized carbons (Fsp3) is 0.357. The molecule has 1 aromatic carbocycles. The second kappa shape index (κ2) is 4.00. The Morgan fingerprint density at radius 3 is 2.65 bits per heavy atom. The van der Waals surface area contributed by atoms with Crippen molar-refractivity contribution in [2.45, 2.75) is 31.4 Å². The highest BCUT2D eigenvalue weighted by Crippen LogP contribution is 2.38. The molecule has 3 rings (SSSR count). The first kappa shape index (κ1) is 10.5. The van der Waals surface area contributed by atoms with E-state index < -0.39 is 5.60 Å². The fourth-order valence-corrected chi connectivity index (χ4v) is 2.06. The van der Waals surface area contributed by atoms with Gasteiger partial charge in [-0.1, -0.05) is 30.3 Å². The van der Waals surface area contributed by atoms with Crippen molar-refractivity contribution in [1.29, 1.82) is 0 Å². The van der Waals surface area contributed by atoms with Crippen LogP contribution in [0, 0.1) is 0 Å². The minimum absolute atomic E-state index is 0.430. The Balaban J connectivity index is 1.68. The van der Waals surface area contributed by atoms with Gasteiger partial charge in [0.05, 0.1) is 18.3 Å². The minimum Gasteiger partial charge on any atom is -0.390 e. The van der Waals surface area contributed by atoms with Gasteiger partial charge in [-0.2, -0.15) is 5.10 Å². The SMILES string of the molecule is OC1(Cc2cnn(Cc3ccccc3)c2)CC1. The van der Waals surface area contributed by atoms with Gasteiger partial charge in [-0.25, -0.2) is 0 Å². The van der Waals surface area contributed by atoms with Crippen LogP contribution in [-0.4, -0.2) is 20.5 Å². The van der Waals surface area contributed by atoms with Gasteiger partial charge in [-0.3, -0.25) is 4.68 Å². The molecule has 0 amide bonds. The third kappa shape index (κ3) is 2.56. The molecule has 0 bridgehead atoms. The molecule has 0 atom stereocenters. The van der Waals surface area contributed by atoms with Gasteiger partial charge in [-0.15, -0.1) is 0 Å². The summed E-state index contributed by atoms with van der Waals surface area (Å²) >= 11 is 0. The molecule has 17 heavy (non-hydrogen) atoms. The lowest BCUT2D eigenvalue weighted by Crippen LogP contribution is -2.09. The van der Waals surface area contributed by atoms with Crippen LogP contribution in [-0.2, 0) is 13.0 Å². The molecule has 1 N–H and O–H groups in total. The largest absolute Gasteiger partial charge is 0.390 e. The average molecular weight is 228 g/mol. The molecule has 0 saturated heterocycles. The van der Waals surface area contributed by atoms with Crippen LogP contribution in [0.4, 0.5) is 0 Å². The highest BCUT2D eigenvalue weighted by molar-refractivity contribution is 5.17. The van der Waals surface area contributed by atoms with Crippen LogP contribution < -0.4 is 0 Å². The summed E-state index contributed by atoms with van der Waals surface area (Å²) in [4.78, 5) is 0. The van der Waals surface area contributed by atoms with E-state index in [0.29, 0.717) is 0 Å². The van der Waals surface area contributed by atoms with Crippen LogP contribution in [0.2, 0.25) is 0 Å². The molecular formula is C14H16N2O. The Labute approximate surface area is 101 Å². The van der Waals surface area contributed by atoms with Gasteiger partial charge in [0.2, 0.25) is 0 Å². The van der Waals surface area contributed by atoms with E-state index in [9.17, 15) is 5.11 Å². The van der Waals surface area contributed by atoms with Gasteiger partial charge < -0.3 is 5.11 Å². The van der Waals surface area contributed by atoms with Crippen molar-refractivity contribution in [3.63, 3.8) is 0 Å². The van der Waals surface area contributed by atoms with Crippen molar-refractivity contribution in [2.75, 3.05) is 0 Å². The zero-order valence-corrected chi connectivity index (χ0v) is 9.71. The molecule has 0 radical (unpaired) electrons. The number of benzene rings is 1. The third-order valence-corrected chi connectivity index (χ3v) is 3.23. The standard InChI is InChI=1S/C14H16N2O/c17-14(6-7-14)8-13-9-15-16(11-13)10-12-4-2-1-3-5-12/h1-5,9,11,17H,6-8,10H2. The highest BCUT2D eigenvalue weighted by Gasteiger charge is 2.40. The zero-order valence-electron chi connectivity index (χ0n) is 9.71. The maximum absolute atomic E-state index is 9.84. The Bertz CT molecular complexity index is 500. The number of nitrogens with zero attached hydrogens (tertiary/aromatic N) is 2. The number of aromatic nitrogens is 2. The predicted octanol–water partition coefficient (Wildman–Crippen LogP) is 2.00. The number of hydrogen-bond donors (Lipinski definition) is 1. The Morgan fingerprint density at radius 2 is 1.94 bits per heavy atom. The molecule has 3 heteroatoms. The van der Waals surface area contributed by atoms with Crippen molar-refractivity contribution < 1.29 is 5.11 Å². The molecule has 1 aliphatic carbocycles. The molecule has 88 valence electrons. The molecule has 1 aromatic heterocycles. The lowest BCUT2D eigenvalue weighted by Gasteiger charge is -2.04. The molecule has 1 fully saturated rings. The van der Waals surface area contributed by atoms with Crippen molar-refractivity contribution in [3.05, 3.63) is 53.9 Å². The summed E-state index contributed by atoms with van der Waals surface area (Å²) in [5, 5.41) is 14.2. The summed E-state index contributed by atoms with van der Waals surface area (Å²) in [6, 6.07) is 10.3. The van der Waals surface area contributed by atoms with Crippen LogP contribution in [0.1, 0.15) is 24.0 Å². The van der Waals surface area contributed by atoms with E-state index in [1.54, 1.807) is 0 Å². The van der Waals surface area contributed by atoms with Crippen molar-refractivity contribution in [1.82, 2.24) is 9.78 Å². The molecule has 3 nitrogen and oxygen atoms in total. The van der Waals surface area contributed by atoms with Crippen molar-refractivity contribution in [3.8, 4) is 0 Å². The van der Waals surface area contributed by atoms with Crippen LogP contribution in [0.5, 0.6) is 0 Å². The van der Waals surface area contributed by atoms with Gasteiger partial charge in [0.15, 0.2) is 0 Å². The summed E-state index contributed by atoms with van der Waals surface area (Å²) in [5.74, 6) is 0. The van der Waals surface area contributed by atoms with E-state index in [-0.39, 0.29) is 0 Å². The summed E-state index contributed by atoms with van der Waals surface area (Å²) in [6.07, 6.45) is 6.48. The molecule has 1 aliphatic rings. The maximum Gasteiger partial charge on any atom is 0.0691 e. The maximum atomic E-state index is 9.84. The molecular weight excluding hydrogens is 212 g/mol. The smallest absolute Gasteiger partial charge is 0.0691 e. The van der Waals surface area contributed by atoms with Crippen LogP contribution in [0.25, 0.3) is 0 Å². The van der Waals surface area contributed by atoms with E-state index in [2.05, 4.69) is 17.2 Å². The van der Waals surface area contributed by atoms with Gasteiger partial charge in [-0.05, 0) is 24.0 Å². The van der Waals surface area contributed by atoms with Crippen LogP contribution >= 0.6 is 0 Å². The average Bonchev–Trinajstić information content (AvgIpc) is 2.88. The summed E-state index contributed by atoms with van der Waals surface area (Å²) in [7, 11) is 0. The van der Waals surface area contributed by atoms with E-state index in [4.69, 9.17) is 0 Å². The monoisotopic (exact) mass is 228 g/mol. The topological polar surface area (TPSA) is 38.1 Å². The molecule has 0 spiro atoms. The number of rotatable bonds is 4. The third-order valence-electron chi connectivity index (χ3n) is 3.23. The first-order valence-electron chi connectivity index (χ1n) is 6.01. The van der Waals surface area contributed by atoms with E-state index in [1.165, 1.54) is 5.56 Å². The number of aliphatic hydroxyl groups is 1. The Kier molecular flexibility index (Phi) is 2.48. The normalized spacial score (nSPS) is 17.0. The summed E-state index contributed by atoms with van der Waals surface area (Å²) in [5.41, 5.74) is 1.94. The van der Waals surface area contributed by atoms with Crippen LogP contribution in [0.3, 0.4) is 0 Å². The lowest BCUT2D eigenvalue weighted by molar-refractivity contribution is 0.151.